The van der Waals surface area contributed by atoms with Gasteiger partial charge in [-0.3, -0.25) is 4.68 Å². The van der Waals surface area contributed by atoms with Crippen LogP contribution in [0.2, 0.25) is 0 Å². The van der Waals surface area contributed by atoms with Gasteiger partial charge < -0.3 is 5.73 Å². The largest absolute Gasteiger partial charge is 0.327 e. The Labute approximate surface area is 112 Å². The third-order valence-corrected chi connectivity index (χ3v) is 3.57. The first-order valence-corrected chi connectivity index (χ1v) is 7.36. The van der Waals surface area contributed by atoms with E-state index in [1.165, 1.54) is 6.42 Å². The van der Waals surface area contributed by atoms with Crippen LogP contribution in [-0.2, 0) is 6.42 Å². The van der Waals surface area contributed by atoms with Gasteiger partial charge >= 0.3 is 0 Å². The minimum Gasteiger partial charge on any atom is -0.327 e. The average molecular weight is 251 g/mol. The lowest BCUT2D eigenvalue weighted by Gasteiger charge is -2.13. The van der Waals surface area contributed by atoms with Crippen LogP contribution in [-0.4, -0.2) is 15.8 Å². The first kappa shape index (κ1) is 15.2. The van der Waals surface area contributed by atoms with Crippen LogP contribution in [0.3, 0.4) is 0 Å². The fourth-order valence-electron chi connectivity index (χ4n) is 2.27. The Balaban J connectivity index is 2.48. The second kappa shape index (κ2) is 7.57. The minimum absolute atomic E-state index is 0.248. The molecule has 0 aromatic carbocycles. The maximum atomic E-state index is 6.16. The Morgan fingerprint density at radius 1 is 1.22 bits per heavy atom. The highest BCUT2D eigenvalue weighted by molar-refractivity contribution is 5.02. The van der Waals surface area contributed by atoms with Crippen LogP contribution >= 0.6 is 0 Å². The highest BCUT2D eigenvalue weighted by Crippen LogP contribution is 2.15. The van der Waals surface area contributed by atoms with Crippen molar-refractivity contribution < 1.29 is 0 Å². The Kier molecular flexibility index (Phi) is 6.41. The summed E-state index contributed by atoms with van der Waals surface area (Å²) in [6, 6.07) is 2.90. The molecule has 0 fully saturated rings. The van der Waals surface area contributed by atoms with Gasteiger partial charge in [0.05, 0.1) is 11.7 Å². The number of nitrogens with zero attached hydrogens (tertiary/aromatic N) is 2. The van der Waals surface area contributed by atoms with E-state index in [4.69, 9.17) is 5.73 Å². The molecule has 1 aromatic rings. The summed E-state index contributed by atoms with van der Waals surface area (Å²) in [5.41, 5.74) is 7.29. The number of hydrogen-bond donors (Lipinski definition) is 1. The molecule has 0 aliphatic rings. The van der Waals surface area contributed by atoms with Gasteiger partial charge in [-0.25, -0.2) is 0 Å². The minimum atomic E-state index is 0.248. The molecule has 1 rings (SSSR count). The van der Waals surface area contributed by atoms with E-state index in [-0.39, 0.29) is 6.04 Å². The Hall–Kier alpha value is -0.830. The third-order valence-electron chi connectivity index (χ3n) is 3.57. The summed E-state index contributed by atoms with van der Waals surface area (Å²) in [5, 5.41) is 4.66. The fourth-order valence-corrected chi connectivity index (χ4v) is 2.27. The van der Waals surface area contributed by atoms with Gasteiger partial charge in [0, 0.05) is 18.7 Å². The third kappa shape index (κ3) is 4.81. The predicted octanol–water partition coefficient (Wildman–Crippen LogP) is 3.55. The molecule has 0 saturated heterocycles. The standard InChI is InChI=1S/C15H29N3/c1-5-15(6-2)18-10-9-14(17-18)11-13(16)8-7-12(3)4/h9-10,12-13,15H,5-8,11,16H2,1-4H3. The Morgan fingerprint density at radius 3 is 2.44 bits per heavy atom. The van der Waals surface area contributed by atoms with Gasteiger partial charge in [0.15, 0.2) is 0 Å². The summed E-state index contributed by atoms with van der Waals surface area (Å²) < 4.78 is 2.10. The second-order valence-electron chi connectivity index (χ2n) is 5.69. The molecule has 1 atom stereocenters. The van der Waals surface area contributed by atoms with Crippen molar-refractivity contribution in [2.24, 2.45) is 11.7 Å². The molecule has 1 aromatic heterocycles. The van der Waals surface area contributed by atoms with Crippen molar-refractivity contribution in [1.82, 2.24) is 9.78 Å². The molecule has 0 amide bonds. The zero-order valence-electron chi connectivity index (χ0n) is 12.4. The van der Waals surface area contributed by atoms with Gasteiger partial charge in [-0.15, -0.1) is 0 Å². The van der Waals surface area contributed by atoms with Gasteiger partial charge in [0.1, 0.15) is 0 Å². The van der Waals surface area contributed by atoms with E-state index in [2.05, 4.69) is 49.7 Å². The van der Waals surface area contributed by atoms with Crippen LogP contribution in [0.15, 0.2) is 12.3 Å². The molecule has 0 spiro atoms. The molecule has 18 heavy (non-hydrogen) atoms. The number of hydrogen-bond acceptors (Lipinski definition) is 2. The summed E-state index contributed by atoms with van der Waals surface area (Å²) in [5.74, 6) is 0.734. The van der Waals surface area contributed by atoms with Gasteiger partial charge in [0.25, 0.3) is 0 Å². The van der Waals surface area contributed by atoms with Gasteiger partial charge in [0.2, 0.25) is 0 Å². The van der Waals surface area contributed by atoms with E-state index in [0.717, 1.165) is 37.3 Å². The predicted molar refractivity (Wildman–Crippen MR) is 77.6 cm³/mol. The smallest absolute Gasteiger partial charge is 0.0640 e. The van der Waals surface area contributed by atoms with Crippen LogP contribution < -0.4 is 5.73 Å². The van der Waals surface area contributed by atoms with Crippen LogP contribution in [0.25, 0.3) is 0 Å². The van der Waals surface area contributed by atoms with Gasteiger partial charge in [-0.2, -0.15) is 5.10 Å². The highest BCUT2D eigenvalue weighted by Gasteiger charge is 2.11. The zero-order chi connectivity index (χ0) is 13.5. The molecule has 0 saturated carbocycles. The molecule has 0 radical (unpaired) electrons. The Morgan fingerprint density at radius 2 is 1.89 bits per heavy atom. The normalized spacial score (nSPS) is 13.5. The Bertz CT molecular complexity index is 326. The maximum Gasteiger partial charge on any atom is 0.0640 e. The quantitative estimate of drug-likeness (QED) is 0.768. The summed E-state index contributed by atoms with van der Waals surface area (Å²) in [6.45, 7) is 8.91. The molecule has 0 bridgehead atoms. The molecule has 1 heterocycles. The van der Waals surface area contributed by atoms with E-state index in [9.17, 15) is 0 Å². The summed E-state index contributed by atoms with van der Waals surface area (Å²) in [4.78, 5) is 0. The van der Waals surface area contributed by atoms with E-state index < -0.39 is 0 Å². The summed E-state index contributed by atoms with van der Waals surface area (Å²) in [6.07, 6.45) is 7.57. The van der Waals surface area contributed by atoms with Crippen molar-refractivity contribution >= 4 is 0 Å². The molecule has 3 nitrogen and oxygen atoms in total. The van der Waals surface area contributed by atoms with Crippen molar-refractivity contribution in [3.8, 4) is 0 Å². The first-order chi connectivity index (χ1) is 8.56. The van der Waals surface area contributed by atoms with Crippen molar-refractivity contribution in [1.29, 1.82) is 0 Å². The average Bonchev–Trinajstić information content (AvgIpc) is 2.76. The van der Waals surface area contributed by atoms with E-state index in [1.807, 2.05) is 0 Å². The SMILES string of the molecule is CCC(CC)n1ccc(CC(N)CCC(C)C)n1. The number of aromatic nitrogens is 2. The van der Waals surface area contributed by atoms with Crippen molar-refractivity contribution in [2.45, 2.75) is 71.9 Å². The van der Waals surface area contributed by atoms with Crippen molar-refractivity contribution in [2.75, 3.05) is 0 Å². The lowest BCUT2D eigenvalue weighted by Crippen LogP contribution is -2.23. The lowest BCUT2D eigenvalue weighted by molar-refractivity contribution is 0.422. The second-order valence-corrected chi connectivity index (χ2v) is 5.69. The molecule has 1 unspecified atom stereocenters. The van der Waals surface area contributed by atoms with E-state index in [0.29, 0.717) is 6.04 Å². The first-order valence-electron chi connectivity index (χ1n) is 7.36. The molecule has 2 N–H and O–H groups in total. The van der Waals surface area contributed by atoms with Crippen LogP contribution in [0.4, 0.5) is 0 Å². The number of nitrogens with two attached hydrogens (primary N) is 1. The fraction of sp³-hybridized carbons (Fsp3) is 0.800. The zero-order valence-corrected chi connectivity index (χ0v) is 12.4. The van der Waals surface area contributed by atoms with E-state index >= 15 is 0 Å². The van der Waals surface area contributed by atoms with Crippen LogP contribution in [0.5, 0.6) is 0 Å². The van der Waals surface area contributed by atoms with Crippen molar-refractivity contribution in [3.63, 3.8) is 0 Å². The molecule has 3 heteroatoms. The molecule has 104 valence electrons. The highest BCUT2D eigenvalue weighted by atomic mass is 15.3. The van der Waals surface area contributed by atoms with Crippen molar-refractivity contribution in [3.05, 3.63) is 18.0 Å². The topological polar surface area (TPSA) is 43.8 Å². The number of rotatable bonds is 8. The molecule has 0 aliphatic heterocycles. The molecular formula is C15H29N3. The van der Waals surface area contributed by atoms with Gasteiger partial charge in [-0.05, 0) is 37.7 Å². The molecular weight excluding hydrogens is 222 g/mol. The van der Waals surface area contributed by atoms with Crippen LogP contribution in [0.1, 0.15) is 65.1 Å². The molecule has 0 aliphatic carbocycles. The summed E-state index contributed by atoms with van der Waals surface area (Å²) in [7, 11) is 0. The van der Waals surface area contributed by atoms with Gasteiger partial charge in [-0.1, -0.05) is 27.7 Å². The van der Waals surface area contributed by atoms with E-state index in [1.54, 1.807) is 0 Å². The lowest BCUT2D eigenvalue weighted by atomic mass is 10.0. The summed E-state index contributed by atoms with van der Waals surface area (Å²) >= 11 is 0. The van der Waals surface area contributed by atoms with Crippen LogP contribution in [0, 0.1) is 5.92 Å². The monoisotopic (exact) mass is 251 g/mol. The maximum absolute atomic E-state index is 6.16.